The van der Waals surface area contributed by atoms with Crippen LogP contribution in [0, 0.1) is 0 Å². The zero-order chi connectivity index (χ0) is 13.9. The lowest BCUT2D eigenvalue weighted by Gasteiger charge is -2.02. The van der Waals surface area contributed by atoms with Gasteiger partial charge in [-0.05, 0) is 23.8 Å². The van der Waals surface area contributed by atoms with E-state index in [1.807, 2.05) is 30.3 Å². The highest BCUT2D eigenvalue weighted by Crippen LogP contribution is 2.19. The number of nitrogens with zero attached hydrogens (tertiary/aromatic N) is 1. The molecule has 0 bridgehead atoms. The van der Waals surface area contributed by atoms with Crippen molar-refractivity contribution in [3.63, 3.8) is 0 Å². The number of aromatic amines is 1. The first kappa shape index (κ1) is 12.4. The monoisotopic (exact) mass is 266 g/mol. The van der Waals surface area contributed by atoms with E-state index >= 15 is 0 Å². The van der Waals surface area contributed by atoms with Crippen LogP contribution in [-0.4, -0.2) is 22.9 Å². The SMILES string of the molecule is COc1ccc(CC(=O)c2c[nH]c3ccncc23)cc1. The summed E-state index contributed by atoms with van der Waals surface area (Å²) in [6.45, 7) is 0. The van der Waals surface area contributed by atoms with Crippen molar-refractivity contribution in [1.29, 1.82) is 0 Å². The molecular formula is C16H14N2O2. The molecule has 0 fully saturated rings. The lowest BCUT2D eigenvalue weighted by Crippen LogP contribution is -2.02. The molecule has 0 amide bonds. The standard InChI is InChI=1S/C16H14N2O2/c1-20-12-4-2-11(3-5-12)8-16(19)14-10-18-15-6-7-17-9-13(14)15/h2-7,9-10,18H,8H2,1H3. The Bertz CT molecular complexity index is 745. The predicted molar refractivity (Wildman–Crippen MR) is 77.1 cm³/mol. The van der Waals surface area contributed by atoms with Gasteiger partial charge in [0.2, 0.25) is 0 Å². The molecular weight excluding hydrogens is 252 g/mol. The Balaban J connectivity index is 1.85. The lowest BCUT2D eigenvalue weighted by molar-refractivity contribution is 0.0994. The number of rotatable bonds is 4. The van der Waals surface area contributed by atoms with Crippen LogP contribution in [0.4, 0.5) is 0 Å². The molecule has 0 atom stereocenters. The number of H-pyrrole nitrogens is 1. The zero-order valence-electron chi connectivity index (χ0n) is 11.1. The number of ketones is 1. The van der Waals surface area contributed by atoms with Crippen molar-refractivity contribution in [2.75, 3.05) is 7.11 Å². The number of carbonyl (C=O) groups excluding carboxylic acids is 1. The predicted octanol–water partition coefficient (Wildman–Crippen LogP) is 3.00. The average molecular weight is 266 g/mol. The lowest BCUT2D eigenvalue weighted by atomic mass is 10.0. The first-order valence-electron chi connectivity index (χ1n) is 6.35. The molecule has 0 aliphatic rings. The second-order valence-corrected chi connectivity index (χ2v) is 4.57. The van der Waals surface area contributed by atoms with Crippen LogP contribution < -0.4 is 4.74 Å². The van der Waals surface area contributed by atoms with Crippen molar-refractivity contribution >= 4 is 16.7 Å². The molecule has 4 heteroatoms. The molecule has 0 unspecified atom stereocenters. The topological polar surface area (TPSA) is 55.0 Å². The summed E-state index contributed by atoms with van der Waals surface area (Å²) in [6, 6.07) is 9.39. The van der Waals surface area contributed by atoms with Gasteiger partial charge in [0.1, 0.15) is 5.75 Å². The number of fused-ring (bicyclic) bond motifs is 1. The molecule has 0 radical (unpaired) electrons. The van der Waals surface area contributed by atoms with E-state index < -0.39 is 0 Å². The van der Waals surface area contributed by atoms with E-state index in [2.05, 4.69) is 9.97 Å². The molecule has 20 heavy (non-hydrogen) atoms. The number of aromatic nitrogens is 2. The van der Waals surface area contributed by atoms with Gasteiger partial charge in [0.15, 0.2) is 5.78 Å². The number of methoxy groups -OCH3 is 1. The highest BCUT2D eigenvalue weighted by molar-refractivity contribution is 6.08. The Hall–Kier alpha value is -2.62. The van der Waals surface area contributed by atoms with Crippen LogP contribution >= 0.6 is 0 Å². The molecule has 3 aromatic rings. The van der Waals surface area contributed by atoms with Crippen LogP contribution in [0.1, 0.15) is 15.9 Å². The molecule has 0 spiro atoms. The molecule has 0 aliphatic carbocycles. The van der Waals surface area contributed by atoms with E-state index in [1.165, 1.54) is 0 Å². The van der Waals surface area contributed by atoms with Crippen molar-refractivity contribution in [2.24, 2.45) is 0 Å². The highest BCUT2D eigenvalue weighted by Gasteiger charge is 2.12. The number of hydrogen-bond donors (Lipinski definition) is 1. The third-order valence-electron chi connectivity index (χ3n) is 3.31. The van der Waals surface area contributed by atoms with Crippen molar-refractivity contribution < 1.29 is 9.53 Å². The van der Waals surface area contributed by atoms with Crippen molar-refractivity contribution in [1.82, 2.24) is 9.97 Å². The molecule has 1 aromatic carbocycles. The molecule has 1 N–H and O–H groups in total. The summed E-state index contributed by atoms with van der Waals surface area (Å²) >= 11 is 0. The summed E-state index contributed by atoms with van der Waals surface area (Å²) in [6.07, 6.45) is 5.54. The maximum Gasteiger partial charge on any atom is 0.169 e. The first-order chi connectivity index (χ1) is 9.78. The molecule has 3 rings (SSSR count). The number of hydrogen-bond acceptors (Lipinski definition) is 3. The second kappa shape index (κ2) is 5.17. The van der Waals surface area contributed by atoms with Gasteiger partial charge in [0.25, 0.3) is 0 Å². The van der Waals surface area contributed by atoms with Gasteiger partial charge in [-0.3, -0.25) is 9.78 Å². The third kappa shape index (κ3) is 2.28. The van der Waals surface area contributed by atoms with Crippen LogP contribution in [0.25, 0.3) is 10.9 Å². The average Bonchev–Trinajstić information content (AvgIpc) is 2.92. The zero-order valence-corrected chi connectivity index (χ0v) is 11.1. The third-order valence-corrected chi connectivity index (χ3v) is 3.31. The molecule has 0 saturated carbocycles. The second-order valence-electron chi connectivity index (χ2n) is 4.57. The Morgan fingerprint density at radius 3 is 2.80 bits per heavy atom. The fourth-order valence-corrected chi connectivity index (χ4v) is 2.22. The van der Waals surface area contributed by atoms with Gasteiger partial charge in [0.05, 0.1) is 7.11 Å². The molecule has 2 heterocycles. The van der Waals surface area contributed by atoms with Crippen molar-refractivity contribution in [3.8, 4) is 5.75 Å². The van der Waals surface area contributed by atoms with Gasteiger partial charge in [-0.15, -0.1) is 0 Å². The van der Waals surface area contributed by atoms with Gasteiger partial charge >= 0.3 is 0 Å². The normalized spacial score (nSPS) is 10.7. The largest absolute Gasteiger partial charge is 0.497 e. The number of ether oxygens (including phenoxy) is 1. The smallest absolute Gasteiger partial charge is 0.169 e. The van der Waals surface area contributed by atoms with Gasteiger partial charge < -0.3 is 9.72 Å². The van der Waals surface area contributed by atoms with E-state index in [0.29, 0.717) is 12.0 Å². The Morgan fingerprint density at radius 1 is 1.25 bits per heavy atom. The summed E-state index contributed by atoms with van der Waals surface area (Å²) in [5.74, 6) is 0.868. The summed E-state index contributed by atoms with van der Waals surface area (Å²) in [5, 5.41) is 0.867. The summed E-state index contributed by atoms with van der Waals surface area (Å²) < 4.78 is 5.11. The van der Waals surface area contributed by atoms with Crippen LogP contribution in [-0.2, 0) is 6.42 Å². The fourth-order valence-electron chi connectivity index (χ4n) is 2.22. The Kier molecular flexibility index (Phi) is 3.21. The maximum atomic E-state index is 12.4. The van der Waals surface area contributed by atoms with Crippen molar-refractivity contribution in [3.05, 3.63) is 60.0 Å². The number of carbonyl (C=O) groups is 1. The Labute approximate surface area is 116 Å². The quantitative estimate of drug-likeness (QED) is 0.738. The highest BCUT2D eigenvalue weighted by atomic mass is 16.5. The number of benzene rings is 1. The summed E-state index contributed by atoms with van der Waals surface area (Å²) in [7, 11) is 1.62. The number of Topliss-reactive ketones (excluding diaryl/α,β-unsaturated/α-hetero) is 1. The minimum atomic E-state index is 0.0782. The van der Waals surface area contributed by atoms with Crippen LogP contribution in [0.3, 0.4) is 0 Å². The van der Waals surface area contributed by atoms with Gasteiger partial charge in [-0.2, -0.15) is 0 Å². The number of pyridine rings is 1. The van der Waals surface area contributed by atoms with Gasteiger partial charge in [0, 0.05) is 41.5 Å². The Morgan fingerprint density at radius 2 is 2.05 bits per heavy atom. The fraction of sp³-hybridized carbons (Fsp3) is 0.125. The van der Waals surface area contributed by atoms with Crippen molar-refractivity contribution in [2.45, 2.75) is 6.42 Å². The van der Waals surface area contributed by atoms with E-state index in [1.54, 1.807) is 25.7 Å². The molecule has 0 aliphatic heterocycles. The van der Waals surface area contributed by atoms with Gasteiger partial charge in [-0.25, -0.2) is 0 Å². The maximum absolute atomic E-state index is 12.4. The summed E-state index contributed by atoms with van der Waals surface area (Å²) in [4.78, 5) is 19.5. The van der Waals surface area contributed by atoms with Gasteiger partial charge in [-0.1, -0.05) is 12.1 Å². The first-order valence-corrected chi connectivity index (χ1v) is 6.35. The molecule has 100 valence electrons. The summed E-state index contributed by atoms with van der Waals surface area (Å²) in [5.41, 5.74) is 2.58. The van der Waals surface area contributed by atoms with E-state index in [-0.39, 0.29) is 5.78 Å². The minimum absolute atomic E-state index is 0.0782. The van der Waals surface area contributed by atoms with Crippen LogP contribution in [0.2, 0.25) is 0 Å². The number of nitrogens with one attached hydrogen (secondary N) is 1. The van der Waals surface area contributed by atoms with E-state index in [4.69, 9.17) is 4.74 Å². The van der Waals surface area contributed by atoms with E-state index in [0.717, 1.165) is 22.2 Å². The van der Waals surface area contributed by atoms with E-state index in [9.17, 15) is 4.79 Å². The molecule has 0 saturated heterocycles. The minimum Gasteiger partial charge on any atom is -0.497 e. The van der Waals surface area contributed by atoms with Crippen LogP contribution in [0.5, 0.6) is 5.75 Å². The molecule has 2 aromatic heterocycles. The molecule has 4 nitrogen and oxygen atoms in total. The van der Waals surface area contributed by atoms with Crippen LogP contribution in [0.15, 0.2) is 48.9 Å².